The number of nitrogen functional groups attached to an aromatic ring is 1. The van der Waals surface area contributed by atoms with E-state index in [0.29, 0.717) is 19.5 Å². The highest BCUT2D eigenvalue weighted by atomic mass is 19.1. The first-order chi connectivity index (χ1) is 9.79. The van der Waals surface area contributed by atoms with Crippen molar-refractivity contribution in [1.29, 1.82) is 0 Å². The monoisotopic (exact) mass is 296 g/mol. The van der Waals surface area contributed by atoms with Crippen LogP contribution in [0.25, 0.3) is 0 Å². The highest BCUT2D eigenvalue weighted by molar-refractivity contribution is 5.99. The summed E-state index contributed by atoms with van der Waals surface area (Å²) in [7, 11) is 3.83. The molecular weight excluding hydrogens is 275 g/mol. The Kier molecular flexibility index (Phi) is 4.34. The average Bonchev–Trinajstić information content (AvgIpc) is 2.68. The van der Waals surface area contributed by atoms with E-state index < -0.39 is 17.8 Å². The number of primary amides is 1. The van der Waals surface area contributed by atoms with Crippen molar-refractivity contribution in [1.82, 2.24) is 4.90 Å². The fraction of sp³-hybridized carbons (Fsp3) is 0.500. The second-order valence-electron chi connectivity index (χ2n) is 5.71. The zero-order valence-corrected chi connectivity index (χ0v) is 12.2. The standard InChI is InChI=1S/C14H21FN4O2/c1-18(2)6-8-3-9(20)7-19(8)13-4-10(14(17)21)12(16)5-11(13)15/h4-5,8-9,20H,3,6-7,16H2,1-2H3,(H2,17,21). The van der Waals surface area contributed by atoms with Crippen molar-refractivity contribution in [2.24, 2.45) is 5.73 Å². The van der Waals surface area contributed by atoms with Gasteiger partial charge in [0.25, 0.3) is 5.91 Å². The fourth-order valence-corrected chi connectivity index (χ4v) is 2.79. The molecule has 0 aromatic heterocycles. The number of amides is 1. The van der Waals surface area contributed by atoms with Gasteiger partial charge >= 0.3 is 0 Å². The summed E-state index contributed by atoms with van der Waals surface area (Å²) in [5, 5.41) is 9.87. The minimum atomic E-state index is -0.697. The van der Waals surface area contributed by atoms with Crippen molar-refractivity contribution in [2.45, 2.75) is 18.6 Å². The van der Waals surface area contributed by atoms with Crippen LogP contribution in [0, 0.1) is 5.82 Å². The first-order valence-corrected chi connectivity index (χ1v) is 6.78. The Labute approximate surface area is 123 Å². The van der Waals surface area contributed by atoms with Crippen molar-refractivity contribution in [2.75, 3.05) is 37.8 Å². The molecule has 2 unspecified atom stereocenters. The Morgan fingerprint density at radius 1 is 1.52 bits per heavy atom. The van der Waals surface area contributed by atoms with Crippen LogP contribution in [0.5, 0.6) is 0 Å². The molecular formula is C14H21FN4O2. The summed E-state index contributed by atoms with van der Waals surface area (Å²) in [6, 6.07) is 2.44. The van der Waals surface area contributed by atoms with Crippen LogP contribution in [0.2, 0.25) is 0 Å². The van der Waals surface area contributed by atoms with Gasteiger partial charge in [0.05, 0.1) is 17.4 Å². The third-order valence-electron chi connectivity index (χ3n) is 3.66. The Balaban J connectivity index is 2.39. The molecule has 1 aromatic carbocycles. The molecule has 1 aromatic rings. The molecule has 1 heterocycles. The van der Waals surface area contributed by atoms with Crippen LogP contribution >= 0.6 is 0 Å². The Morgan fingerprint density at radius 2 is 2.19 bits per heavy atom. The van der Waals surface area contributed by atoms with Gasteiger partial charge in [-0.2, -0.15) is 0 Å². The number of β-amino-alcohol motifs (C(OH)–C–C–N with tert-alkyl or cyclic N) is 1. The lowest BCUT2D eigenvalue weighted by molar-refractivity contribution is 0.100. The van der Waals surface area contributed by atoms with Crippen molar-refractivity contribution in [3.05, 3.63) is 23.5 Å². The largest absolute Gasteiger partial charge is 0.398 e. The molecule has 0 aliphatic carbocycles. The van der Waals surface area contributed by atoms with Gasteiger partial charge in [-0.1, -0.05) is 0 Å². The molecule has 1 aliphatic rings. The first-order valence-electron chi connectivity index (χ1n) is 6.78. The smallest absolute Gasteiger partial charge is 0.250 e. The van der Waals surface area contributed by atoms with Crippen LogP contribution in [-0.2, 0) is 0 Å². The van der Waals surface area contributed by atoms with Gasteiger partial charge in [0.2, 0.25) is 0 Å². The molecule has 1 fully saturated rings. The molecule has 1 saturated heterocycles. The number of benzene rings is 1. The van der Waals surface area contributed by atoms with Crippen LogP contribution < -0.4 is 16.4 Å². The van der Waals surface area contributed by atoms with E-state index >= 15 is 0 Å². The molecule has 116 valence electrons. The second kappa shape index (κ2) is 5.87. The van der Waals surface area contributed by atoms with Gasteiger partial charge in [0.1, 0.15) is 5.82 Å². The predicted octanol–water partition coefficient (Wildman–Crippen LogP) is 0.00800. The molecule has 0 saturated carbocycles. The molecule has 6 nitrogen and oxygen atoms in total. The Bertz CT molecular complexity index is 550. The van der Waals surface area contributed by atoms with Crippen molar-refractivity contribution in [3.63, 3.8) is 0 Å². The second-order valence-corrected chi connectivity index (χ2v) is 5.71. The number of carbonyl (C=O) groups is 1. The van der Waals surface area contributed by atoms with Gasteiger partial charge in [-0.3, -0.25) is 4.79 Å². The molecule has 1 aliphatic heterocycles. The number of carbonyl (C=O) groups excluding carboxylic acids is 1. The maximum absolute atomic E-state index is 14.2. The van der Waals surface area contributed by atoms with E-state index in [0.717, 1.165) is 6.07 Å². The van der Waals surface area contributed by atoms with E-state index in [9.17, 15) is 14.3 Å². The van der Waals surface area contributed by atoms with Gasteiger partial charge in [-0.25, -0.2) is 4.39 Å². The molecule has 21 heavy (non-hydrogen) atoms. The van der Waals surface area contributed by atoms with Gasteiger partial charge < -0.3 is 26.4 Å². The van der Waals surface area contributed by atoms with E-state index in [1.165, 1.54) is 6.07 Å². The number of aliphatic hydroxyl groups is 1. The number of nitrogens with zero attached hydrogens (tertiary/aromatic N) is 2. The lowest BCUT2D eigenvalue weighted by Gasteiger charge is -2.29. The van der Waals surface area contributed by atoms with Crippen LogP contribution in [0.4, 0.5) is 15.8 Å². The van der Waals surface area contributed by atoms with Gasteiger partial charge in [0, 0.05) is 24.8 Å². The molecule has 0 radical (unpaired) electrons. The van der Waals surface area contributed by atoms with Crippen LogP contribution in [0.1, 0.15) is 16.8 Å². The summed E-state index contributed by atoms with van der Waals surface area (Å²) in [6.07, 6.45) is 0.0254. The van der Waals surface area contributed by atoms with Gasteiger partial charge in [-0.15, -0.1) is 0 Å². The molecule has 1 amide bonds. The molecule has 7 heteroatoms. The predicted molar refractivity (Wildman–Crippen MR) is 79.6 cm³/mol. The summed E-state index contributed by atoms with van der Waals surface area (Å²) in [6.45, 7) is 0.990. The highest BCUT2D eigenvalue weighted by Crippen LogP contribution is 2.31. The molecule has 0 bridgehead atoms. The third kappa shape index (κ3) is 3.25. The van der Waals surface area contributed by atoms with E-state index in [4.69, 9.17) is 11.5 Å². The fourth-order valence-electron chi connectivity index (χ4n) is 2.79. The van der Waals surface area contributed by atoms with Gasteiger partial charge in [-0.05, 0) is 32.6 Å². The Hall–Kier alpha value is -1.86. The summed E-state index contributed by atoms with van der Waals surface area (Å²) in [5.41, 5.74) is 11.2. The number of rotatable bonds is 4. The number of hydrogen-bond acceptors (Lipinski definition) is 5. The van der Waals surface area contributed by atoms with E-state index in [2.05, 4.69) is 0 Å². The lowest BCUT2D eigenvalue weighted by Crippen LogP contribution is -2.38. The van der Waals surface area contributed by atoms with E-state index in [1.807, 2.05) is 19.0 Å². The van der Waals surface area contributed by atoms with Crippen LogP contribution in [0.3, 0.4) is 0 Å². The number of anilines is 2. The van der Waals surface area contributed by atoms with Crippen molar-refractivity contribution in [3.8, 4) is 0 Å². The van der Waals surface area contributed by atoms with Crippen molar-refractivity contribution >= 4 is 17.3 Å². The SMILES string of the molecule is CN(C)CC1CC(O)CN1c1cc(C(N)=O)c(N)cc1F. The molecule has 2 atom stereocenters. The Morgan fingerprint density at radius 3 is 2.76 bits per heavy atom. The third-order valence-corrected chi connectivity index (χ3v) is 3.66. The van der Waals surface area contributed by atoms with Gasteiger partial charge in [0.15, 0.2) is 0 Å². The maximum Gasteiger partial charge on any atom is 0.250 e. The zero-order chi connectivity index (χ0) is 15.7. The average molecular weight is 296 g/mol. The van der Waals surface area contributed by atoms with E-state index in [-0.39, 0.29) is 23.0 Å². The summed E-state index contributed by atoms with van der Waals surface area (Å²) >= 11 is 0. The minimum Gasteiger partial charge on any atom is -0.398 e. The quantitative estimate of drug-likeness (QED) is 0.680. The summed E-state index contributed by atoms with van der Waals surface area (Å²) < 4.78 is 14.2. The van der Waals surface area contributed by atoms with E-state index in [1.54, 1.807) is 4.90 Å². The van der Waals surface area contributed by atoms with Crippen LogP contribution in [0.15, 0.2) is 12.1 Å². The topological polar surface area (TPSA) is 95.8 Å². The summed E-state index contributed by atoms with van der Waals surface area (Å²) in [5.74, 6) is -1.21. The van der Waals surface area contributed by atoms with Crippen LogP contribution in [-0.4, -0.2) is 55.2 Å². The number of halogens is 1. The molecule has 0 spiro atoms. The number of nitrogens with two attached hydrogens (primary N) is 2. The summed E-state index contributed by atoms with van der Waals surface area (Å²) in [4.78, 5) is 15.1. The normalized spacial score (nSPS) is 22.0. The molecule has 5 N–H and O–H groups in total. The number of hydrogen-bond donors (Lipinski definition) is 3. The number of likely N-dealkylation sites (N-methyl/N-ethyl adjacent to an activating group) is 1. The zero-order valence-electron chi connectivity index (χ0n) is 12.2. The lowest BCUT2D eigenvalue weighted by atomic mass is 10.1. The highest BCUT2D eigenvalue weighted by Gasteiger charge is 2.33. The maximum atomic E-state index is 14.2. The molecule has 2 rings (SSSR count). The first kappa shape index (κ1) is 15.5. The number of aliphatic hydroxyl groups excluding tert-OH is 1. The van der Waals surface area contributed by atoms with Crippen molar-refractivity contribution < 1.29 is 14.3 Å². The minimum absolute atomic E-state index is 0.0210.